The number of carbonyl (C=O) groups is 2. The normalized spacial score (nSPS) is 10.2. The Morgan fingerprint density at radius 2 is 2.06 bits per heavy atom. The van der Waals surface area contributed by atoms with Gasteiger partial charge in [-0.3, -0.25) is 4.79 Å². The average molecular weight is 238 g/mol. The minimum absolute atomic E-state index is 0.0771. The second kappa shape index (κ2) is 8.22. The van der Waals surface area contributed by atoms with Crippen LogP contribution in [0.25, 0.3) is 0 Å². The first kappa shape index (κ1) is 13.1. The fourth-order valence-corrected chi connectivity index (χ4v) is 2.38. The van der Waals surface area contributed by atoms with E-state index in [2.05, 4.69) is 17.5 Å². The van der Waals surface area contributed by atoms with E-state index in [1.54, 1.807) is 11.3 Å². The summed E-state index contributed by atoms with van der Waals surface area (Å²) < 4.78 is 0. The molecule has 1 aromatic heterocycles. The molecule has 0 bridgehead atoms. The molecule has 0 aliphatic carbocycles. The maximum atomic E-state index is 11.0. The molecule has 3 heteroatoms. The quantitative estimate of drug-likeness (QED) is 0.375. The Hall–Kier alpha value is -0.960. The van der Waals surface area contributed by atoms with Crippen molar-refractivity contribution in [2.45, 2.75) is 44.9 Å². The number of hydrogen-bond donors (Lipinski definition) is 0. The Labute approximate surface area is 101 Å². The van der Waals surface area contributed by atoms with E-state index >= 15 is 0 Å². The van der Waals surface area contributed by atoms with Crippen LogP contribution in [-0.2, 0) is 16.0 Å². The lowest BCUT2D eigenvalue weighted by atomic mass is 10.1. The number of carbonyl (C=O) groups excluding carboxylic acids is 2. The molecule has 0 radical (unpaired) electrons. The van der Waals surface area contributed by atoms with Gasteiger partial charge in [0.1, 0.15) is 12.1 Å². The second-order valence-electron chi connectivity index (χ2n) is 3.90. The highest BCUT2D eigenvalue weighted by Crippen LogP contribution is 2.13. The summed E-state index contributed by atoms with van der Waals surface area (Å²) in [6.07, 6.45) is 6.90. The second-order valence-corrected chi connectivity index (χ2v) is 4.94. The molecule has 0 atom stereocenters. The molecule has 0 aliphatic heterocycles. The van der Waals surface area contributed by atoms with Crippen molar-refractivity contribution < 1.29 is 9.59 Å². The van der Waals surface area contributed by atoms with Crippen molar-refractivity contribution in [3.8, 4) is 0 Å². The molecule has 0 aliphatic rings. The number of Topliss-reactive ketones (excluding diaryl/α,β-unsaturated/α-hetero) is 1. The van der Waals surface area contributed by atoms with E-state index in [1.165, 1.54) is 17.7 Å². The monoisotopic (exact) mass is 238 g/mol. The van der Waals surface area contributed by atoms with Gasteiger partial charge in [0.05, 0.1) is 6.42 Å². The molecule has 0 aromatic carbocycles. The van der Waals surface area contributed by atoms with E-state index < -0.39 is 0 Å². The van der Waals surface area contributed by atoms with Crippen molar-refractivity contribution in [3.63, 3.8) is 0 Å². The van der Waals surface area contributed by atoms with Gasteiger partial charge in [-0.25, -0.2) is 0 Å². The highest BCUT2D eigenvalue weighted by atomic mass is 32.1. The van der Waals surface area contributed by atoms with Crippen LogP contribution in [0.15, 0.2) is 17.5 Å². The van der Waals surface area contributed by atoms with E-state index in [9.17, 15) is 9.59 Å². The van der Waals surface area contributed by atoms with Crippen LogP contribution in [0.1, 0.15) is 43.4 Å². The van der Waals surface area contributed by atoms with Crippen LogP contribution < -0.4 is 0 Å². The fourth-order valence-electron chi connectivity index (χ4n) is 1.62. The largest absolute Gasteiger partial charge is 0.303 e. The smallest absolute Gasteiger partial charge is 0.139 e. The molecule has 2 nitrogen and oxygen atoms in total. The number of hydrogen-bond acceptors (Lipinski definition) is 3. The summed E-state index contributed by atoms with van der Waals surface area (Å²) in [5.74, 6) is 0.0771. The molecular formula is C13H18O2S. The number of ketones is 1. The zero-order valence-electron chi connectivity index (χ0n) is 9.48. The molecular weight excluding hydrogens is 220 g/mol. The van der Waals surface area contributed by atoms with Crippen LogP contribution in [0, 0.1) is 0 Å². The van der Waals surface area contributed by atoms with Crippen LogP contribution in [0.4, 0.5) is 0 Å². The molecule has 1 heterocycles. The van der Waals surface area contributed by atoms with Crippen molar-refractivity contribution in [1.29, 1.82) is 0 Å². The van der Waals surface area contributed by atoms with Crippen LogP contribution in [-0.4, -0.2) is 12.1 Å². The molecule has 0 unspecified atom stereocenters. The first-order valence-corrected chi connectivity index (χ1v) is 6.68. The molecule has 1 aromatic rings. The summed E-state index contributed by atoms with van der Waals surface area (Å²) in [5.41, 5.74) is 0. The molecule has 0 fully saturated rings. The fraction of sp³-hybridized carbons (Fsp3) is 0.538. The predicted octanol–water partition coefficient (Wildman–Crippen LogP) is 3.40. The van der Waals surface area contributed by atoms with Gasteiger partial charge in [0.15, 0.2) is 0 Å². The van der Waals surface area contributed by atoms with Gasteiger partial charge in [0.25, 0.3) is 0 Å². The van der Waals surface area contributed by atoms with Gasteiger partial charge in [-0.2, -0.15) is 0 Å². The van der Waals surface area contributed by atoms with Gasteiger partial charge in [-0.1, -0.05) is 18.9 Å². The minimum Gasteiger partial charge on any atom is -0.303 e. The number of unbranched alkanes of at least 4 members (excludes halogenated alkanes) is 3. The molecule has 0 N–H and O–H groups in total. The lowest BCUT2D eigenvalue weighted by Crippen LogP contribution is -1.97. The summed E-state index contributed by atoms with van der Waals surface area (Å²) in [5, 5.41) is 2.10. The summed E-state index contributed by atoms with van der Waals surface area (Å²) >= 11 is 1.81. The lowest BCUT2D eigenvalue weighted by molar-refractivity contribution is -0.122. The van der Waals surface area contributed by atoms with Crippen LogP contribution in [0.3, 0.4) is 0 Å². The Balaban J connectivity index is 1.92. The van der Waals surface area contributed by atoms with Crippen molar-refractivity contribution >= 4 is 23.4 Å². The van der Waals surface area contributed by atoms with Crippen LogP contribution in [0.5, 0.6) is 0 Å². The van der Waals surface area contributed by atoms with E-state index in [0.29, 0.717) is 12.7 Å². The van der Waals surface area contributed by atoms with Crippen molar-refractivity contribution in [2.75, 3.05) is 0 Å². The number of rotatable bonds is 9. The standard InChI is InChI=1S/C13H18O2S/c14-10-9-12(15)6-3-1-2-4-7-13-8-5-11-16-13/h5,8,10-11H,1-4,6-7,9H2. The third-order valence-corrected chi connectivity index (χ3v) is 3.46. The van der Waals surface area contributed by atoms with Crippen LogP contribution in [0.2, 0.25) is 0 Å². The highest BCUT2D eigenvalue weighted by molar-refractivity contribution is 7.09. The summed E-state index contributed by atoms with van der Waals surface area (Å²) in [6, 6.07) is 4.25. The molecule has 16 heavy (non-hydrogen) atoms. The zero-order chi connectivity index (χ0) is 11.6. The third kappa shape index (κ3) is 5.81. The average Bonchev–Trinajstić information content (AvgIpc) is 2.76. The zero-order valence-corrected chi connectivity index (χ0v) is 10.3. The van der Waals surface area contributed by atoms with E-state index in [-0.39, 0.29) is 12.2 Å². The predicted molar refractivity (Wildman–Crippen MR) is 66.8 cm³/mol. The van der Waals surface area contributed by atoms with Crippen molar-refractivity contribution in [3.05, 3.63) is 22.4 Å². The van der Waals surface area contributed by atoms with Gasteiger partial charge in [0, 0.05) is 11.3 Å². The van der Waals surface area contributed by atoms with Gasteiger partial charge >= 0.3 is 0 Å². The maximum absolute atomic E-state index is 11.0. The maximum Gasteiger partial charge on any atom is 0.139 e. The summed E-state index contributed by atoms with van der Waals surface area (Å²) in [7, 11) is 0. The first-order valence-electron chi connectivity index (χ1n) is 5.80. The van der Waals surface area contributed by atoms with Gasteiger partial charge < -0.3 is 4.79 Å². The van der Waals surface area contributed by atoms with E-state index in [4.69, 9.17) is 0 Å². The molecule has 0 saturated heterocycles. The first-order chi connectivity index (χ1) is 7.83. The third-order valence-electron chi connectivity index (χ3n) is 2.52. The Kier molecular flexibility index (Phi) is 6.74. The van der Waals surface area contributed by atoms with Gasteiger partial charge in [-0.05, 0) is 30.7 Å². The summed E-state index contributed by atoms with van der Waals surface area (Å²) in [6.45, 7) is 0. The van der Waals surface area contributed by atoms with Gasteiger partial charge in [0.2, 0.25) is 0 Å². The SMILES string of the molecule is O=CCC(=O)CCCCCCc1cccs1. The van der Waals surface area contributed by atoms with Crippen LogP contribution >= 0.6 is 11.3 Å². The topological polar surface area (TPSA) is 34.1 Å². The number of aryl methyl sites for hydroxylation is 1. The number of aldehydes is 1. The molecule has 1 rings (SSSR count). The Morgan fingerprint density at radius 3 is 2.75 bits per heavy atom. The van der Waals surface area contributed by atoms with Crippen molar-refractivity contribution in [2.24, 2.45) is 0 Å². The lowest BCUT2D eigenvalue weighted by Gasteiger charge is -1.99. The Bertz CT molecular complexity index is 304. The van der Waals surface area contributed by atoms with Crippen molar-refractivity contribution in [1.82, 2.24) is 0 Å². The minimum atomic E-state index is 0.0771. The summed E-state index contributed by atoms with van der Waals surface area (Å²) in [4.78, 5) is 22.5. The highest BCUT2D eigenvalue weighted by Gasteiger charge is 2.00. The van der Waals surface area contributed by atoms with E-state index in [0.717, 1.165) is 19.3 Å². The molecule has 0 spiro atoms. The molecule has 0 saturated carbocycles. The molecule has 0 amide bonds. The Morgan fingerprint density at radius 1 is 1.25 bits per heavy atom. The molecule has 88 valence electrons. The van der Waals surface area contributed by atoms with E-state index in [1.807, 2.05) is 0 Å². The van der Waals surface area contributed by atoms with Gasteiger partial charge in [-0.15, -0.1) is 11.3 Å². The number of thiophene rings is 1.